The molecule has 1 aliphatic rings. The Kier molecular flexibility index (Phi) is 3.82. The van der Waals surface area contributed by atoms with Crippen molar-refractivity contribution >= 4 is 17.7 Å². The monoisotopic (exact) mass is 240 g/mol. The quantitative estimate of drug-likeness (QED) is 0.727. The molecule has 2 rings (SSSR count). The molecule has 1 aromatic heterocycles. The summed E-state index contributed by atoms with van der Waals surface area (Å²) in [4.78, 5) is 15.7. The number of thioether (sulfide) groups is 1. The molecule has 0 bridgehead atoms. The van der Waals surface area contributed by atoms with E-state index in [9.17, 15) is 4.79 Å². The molecular weight excluding hydrogens is 224 g/mol. The molecule has 0 aliphatic heterocycles. The Morgan fingerprint density at radius 2 is 2.44 bits per heavy atom. The Bertz CT molecular complexity index is 361. The lowest BCUT2D eigenvalue weighted by molar-refractivity contribution is -0.118. The van der Waals surface area contributed by atoms with Crippen LogP contribution in [0.15, 0.2) is 5.16 Å². The number of hydrogen-bond acceptors (Lipinski definition) is 4. The lowest BCUT2D eigenvalue weighted by Gasteiger charge is -2.01. The van der Waals surface area contributed by atoms with Gasteiger partial charge in [0.15, 0.2) is 0 Å². The van der Waals surface area contributed by atoms with Crippen molar-refractivity contribution in [2.24, 2.45) is 5.92 Å². The summed E-state index contributed by atoms with van der Waals surface area (Å²) in [6, 6.07) is 0. The van der Waals surface area contributed by atoms with Crippen molar-refractivity contribution in [2.75, 3.05) is 12.3 Å². The van der Waals surface area contributed by atoms with Crippen molar-refractivity contribution in [3.8, 4) is 0 Å². The smallest absolute Gasteiger partial charge is 0.230 e. The molecule has 6 heteroatoms. The fourth-order valence-corrected chi connectivity index (χ4v) is 1.91. The zero-order valence-corrected chi connectivity index (χ0v) is 10.1. The number of nitrogens with zero attached hydrogens (tertiary/aromatic N) is 2. The van der Waals surface area contributed by atoms with Crippen molar-refractivity contribution in [1.82, 2.24) is 20.5 Å². The first-order valence-corrected chi connectivity index (χ1v) is 6.57. The van der Waals surface area contributed by atoms with Crippen molar-refractivity contribution in [2.45, 2.75) is 31.3 Å². The molecule has 16 heavy (non-hydrogen) atoms. The van der Waals surface area contributed by atoms with Crippen LogP contribution in [0.5, 0.6) is 0 Å². The van der Waals surface area contributed by atoms with Crippen molar-refractivity contribution in [1.29, 1.82) is 0 Å². The molecule has 1 saturated carbocycles. The predicted molar refractivity (Wildman–Crippen MR) is 62.2 cm³/mol. The first-order chi connectivity index (χ1) is 7.78. The molecule has 2 N–H and O–H groups in total. The van der Waals surface area contributed by atoms with Crippen molar-refractivity contribution in [3.63, 3.8) is 0 Å². The van der Waals surface area contributed by atoms with Crippen LogP contribution >= 0.6 is 11.8 Å². The second-order valence-electron chi connectivity index (χ2n) is 3.95. The van der Waals surface area contributed by atoms with Crippen LogP contribution in [0.1, 0.15) is 25.6 Å². The highest BCUT2D eigenvalue weighted by molar-refractivity contribution is 7.99. The van der Waals surface area contributed by atoms with Crippen LogP contribution in [0.4, 0.5) is 0 Å². The molecule has 1 aromatic rings. The van der Waals surface area contributed by atoms with E-state index in [1.165, 1.54) is 24.6 Å². The third-order valence-corrected chi connectivity index (χ3v) is 3.31. The van der Waals surface area contributed by atoms with E-state index < -0.39 is 0 Å². The lowest BCUT2D eigenvalue weighted by Crippen LogP contribution is -2.27. The maximum absolute atomic E-state index is 11.4. The molecule has 5 nitrogen and oxygen atoms in total. The SMILES string of the molecule is CCc1nc(SCC(=O)NCC2CC2)n[nH]1. The lowest BCUT2D eigenvalue weighted by atomic mass is 10.4. The molecule has 1 aliphatic carbocycles. The number of aryl methyl sites for hydroxylation is 1. The second-order valence-corrected chi connectivity index (χ2v) is 4.90. The van der Waals surface area contributed by atoms with Gasteiger partial charge in [-0.2, -0.15) is 0 Å². The van der Waals surface area contributed by atoms with Gasteiger partial charge in [0.05, 0.1) is 5.75 Å². The van der Waals surface area contributed by atoms with Crippen LogP contribution in [0.25, 0.3) is 0 Å². The normalized spacial score (nSPS) is 15.1. The van der Waals surface area contributed by atoms with Gasteiger partial charge < -0.3 is 5.32 Å². The van der Waals surface area contributed by atoms with Crippen molar-refractivity contribution in [3.05, 3.63) is 5.82 Å². The summed E-state index contributed by atoms with van der Waals surface area (Å²) in [5.41, 5.74) is 0. The average molecular weight is 240 g/mol. The number of carbonyl (C=O) groups is 1. The Morgan fingerprint density at radius 3 is 3.06 bits per heavy atom. The molecule has 0 atom stereocenters. The zero-order chi connectivity index (χ0) is 11.4. The molecule has 88 valence electrons. The van der Waals surface area contributed by atoms with E-state index in [0.29, 0.717) is 10.9 Å². The van der Waals surface area contributed by atoms with Crippen LogP contribution in [-0.4, -0.2) is 33.4 Å². The van der Waals surface area contributed by atoms with E-state index in [4.69, 9.17) is 0 Å². The van der Waals surface area contributed by atoms with Gasteiger partial charge in [0.25, 0.3) is 0 Å². The van der Waals surface area contributed by atoms with E-state index in [2.05, 4.69) is 20.5 Å². The highest BCUT2D eigenvalue weighted by Crippen LogP contribution is 2.27. The molecule has 1 fully saturated rings. The van der Waals surface area contributed by atoms with Gasteiger partial charge in [-0.05, 0) is 18.8 Å². The number of hydrogen-bond donors (Lipinski definition) is 2. The zero-order valence-electron chi connectivity index (χ0n) is 9.32. The van der Waals surface area contributed by atoms with Gasteiger partial charge in [0.1, 0.15) is 5.82 Å². The summed E-state index contributed by atoms with van der Waals surface area (Å²) < 4.78 is 0. The number of rotatable bonds is 6. The molecule has 1 heterocycles. The number of nitrogens with one attached hydrogen (secondary N) is 2. The Balaban J connectivity index is 1.67. The van der Waals surface area contributed by atoms with Crippen LogP contribution in [0, 0.1) is 5.92 Å². The minimum atomic E-state index is 0.0692. The van der Waals surface area contributed by atoms with E-state index in [-0.39, 0.29) is 5.91 Å². The van der Waals surface area contributed by atoms with Gasteiger partial charge >= 0.3 is 0 Å². The summed E-state index contributed by atoms with van der Waals surface area (Å²) in [6.45, 7) is 2.84. The van der Waals surface area contributed by atoms with E-state index in [0.717, 1.165) is 24.7 Å². The third-order valence-electron chi connectivity index (χ3n) is 2.46. The van der Waals surface area contributed by atoms with Gasteiger partial charge in [-0.25, -0.2) is 4.98 Å². The van der Waals surface area contributed by atoms with Gasteiger partial charge in [0, 0.05) is 13.0 Å². The molecule has 0 saturated heterocycles. The van der Waals surface area contributed by atoms with Gasteiger partial charge in [0.2, 0.25) is 11.1 Å². The fraction of sp³-hybridized carbons (Fsp3) is 0.700. The van der Waals surface area contributed by atoms with E-state index in [1.807, 2.05) is 6.92 Å². The number of H-pyrrole nitrogens is 1. The van der Waals surface area contributed by atoms with Crippen LogP contribution in [0.3, 0.4) is 0 Å². The number of carbonyl (C=O) groups excluding carboxylic acids is 1. The molecule has 1 amide bonds. The van der Waals surface area contributed by atoms with E-state index in [1.54, 1.807) is 0 Å². The van der Waals surface area contributed by atoms with Gasteiger partial charge in [-0.1, -0.05) is 18.7 Å². The molecule has 0 radical (unpaired) electrons. The summed E-state index contributed by atoms with van der Waals surface area (Å²) in [6.07, 6.45) is 3.35. The third kappa shape index (κ3) is 3.52. The number of aromatic nitrogens is 3. The maximum atomic E-state index is 11.4. The standard InChI is InChI=1S/C10H16N4OS/c1-2-8-12-10(14-13-8)16-6-9(15)11-5-7-3-4-7/h7H,2-6H2,1H3,(H,11,15)(H,12,13,14). The van der Waals surface area contributed by atoms with E-state index >= 15 is 0 Å². The van der Waals surface area contributed by atoms with Gasteiger partial charge in [-0.3, -0.25) is 9.89 Å². The largest absolute Gasteiger partial charge is 0.355 e. The average Bonchev–Trinajstić information content (AvgIpc) is 3.01. The summed E-state index contributed by atoms with van der Waals surface area (Å²) in [5, 5.41) is 10.4. The highest BCUT2D eigenvalue weighted by atomic mass is 32.2. The molecule has 0 unspecified atom stereocenters. The maximum Gasteiger partial charge on any atom is 0.230 e. The Labute approximate surface area is 98.8 Å². The molecule has 0 spiro atoms. The Hall–Kier alpha value is -1.04. The summed E-state index contributed by atoms with van der Waals surface area (Å²) >= 11 is 1.37. The molecule has 0 aromatic carbocycles. The van der Waals surface area contributed by atoms with Crippen LogP contribution in [0.2, 0.25) is 0 Å². The topological polar surface area (TPSA) is 70.7 Å². The number of aromatic amines is 1. The summed E-state index contributed by atoms with van der Waals surface area (Å²) in [5.74, 6) is 2.05. The summed E-state index contributed by atoms with van der Waals surface area (Å²) in [7, 11) is 0. The van der Waals surface area contributed by atoms with Gasteiger partial charge in [-0.15, -0.1) is 5.10 Å². The van der Waals surface area contributed by atoms with Crippen molar-refractivity contribution < 1.29 is 4.79 Å². The minimum Gasteiger partial charge on any atom is -0.355 e. The molecular formula is C10H16N4OS. The Morgan fingerprint density at radius 1 is 1.62 bits per heavy atom. The minimum absolute atomic E-state index is 0.0692. The first-order valence-electron chi connectivity index (χ1n) is 5.58. The number of amides is 1. The highest BCUT2D eigenvalue weighted by Gasteiger charge is 2.21. The first kappa shape index (κ1) is 11.4. The fourth-order valence-electron chi connectivity index (χ4n) is 1.26. The predicted octanol–water partition coefficient (Wildman–Crippen LogP) is 0.985. The van der Waals surface area contributed by atoms with Crippen LogP contribution in [-0.2, 0) is 11.2 Å². The van der Waals surface area contributed by atoms with Crippen LogP contribution < -0.4 is 5.32 Å². The second kappa shape index (κ2) is 5.34.